The third-order valence-electron chi connectivity index (χ3n) is 0.779. The van der Waals surface area contributed by atoms with Gasteiger partial charge in [-0.1, -0.05) is 29.7 Å². The van der Waals surface area contributed by atoms with E-state index in [2.05, 4.69) is 20.1 Å². The van der Waals surface area contributed by atoms with Gasteiger partial charge in [-0.3, -0.25) is 0 Å². The lowest BCUT2D eigenvalue weighted by Gasteiger charge is -1.90. The minimum absolute atomic E-state index is 0. The fraction of sp³-hybridized carbons (Fsp3) is 0.800. The third-order valence-corrected chi connectivity index (χ3v) is 0.779. The van der Waals surface area contributed by atoms with E-state index in [4.69, 9.17) is 0 Å². The summed E-state index contributed by atoms with van der Waals surface area (Å²) in [4.78, 5) is 19.7. The highest BCUT2D eigenvalue weighted by molar-refractivity contribution is 5.66. The van der Waals surface area contributed by atoms with Gasteiger partial charge in [0.15, 0.2) is 0 Å². The van der Waals surface area contributed by atoms with Crippen molar-refractivity contribution in [2.45, 2.75) is 29.7 Å². The lowest BCUT2D eigenvalue weighted by atomic mass is 11.1. The van der Waals surface area contributed by atoms with Gasteiger partial charge in [0.05, 0.1) is 14.2 Å². The van der Waals surface area contributed by atoms with Gasteiger partial charge in [-0.25, -0.2) is 9.59 Å². The molecule has 6 heteroatoms. The molecule has 0 aliphatic heterocycles. The Bertz CT molecular complexity index is 113. The van der Waals surface area contributed by atoms with E-state index in [1.165, 1.54) is 28.3 Å². The van der Waals surface area contributed by atoms with Crippen LogP contribution in [0.15, 0.2) is 0 Å². The van der Waals surface area contributed by atoms with E-state index in [0.29, 0.717) is 0 Å². The van der Waals surface area contributed by atoms with Crippen molar-refractivity contribution in [1.29, 1.82) is 0 Å². The van der Waals surface area contributed by atoms with E-state index >= 15 is 0 Å². The largest absolute Gasteiger partial charge is 0.453 e. The number of carbonyl (C=O) groups excluding carboxylic acids is 2. The smallest absolute Gasteiger partial charge is 0.406 e. The highest BCUT2D eigenvalue weighted by Gasteiger charge is 1.85. The van der Waals surface area contributed by atoms with E-state index in [0.717, 1.165) is 0 Å². The van der Waals surface area contributed by atoms with Crippen LogP contribution in [0.25, 0.3) is 0 Å². The van der Waals surface area contributed by atoms with E-state index in [9.17, 15) is 9.59 Å². The van der Waals surface area contributed by atoms with Crippen molar-refractivity contribution in [3.8, 4) is 0 Å². The molecule has 0 aromatic carbocycles. The van der Waals surface area contributed by atoms with Gasteiger partial charge in [-0.2, -0.15) is 0 Å². The van der Waals surface area contributed by atoms with Gasteiger partial charge >= 0.3 is 12.2 Å². The molecule has 0 aromatic rings. The van der Waals surface area contributed by atoms with Crippen LogP contribution in [0.2, 0.25) is 0 Å². The molecule has 16 heavy (non-hydrogen) atoms. The monoisotopic (exact) mass is 242 g/mol. The standard InChI is InChI=1S/2C3H7NO2.4CH4/c2*1-4-3(5)6-2;;;;/h2*1-2H3,(H,4,5);4*1H4. The second-order valence-corrected chi connectivity index (χ2v) is 1.48. The van der Waals surface area contributed by atoms with E-state index in [1.54, 1.807) is 0 Å². The molecule has 0 saturated carbocycles. The third kappa shape index (κ3) is 39.0. The first kappa shape index (κ1) is 36.5. The zero-order chi connectivity index (χ0) is 9.98. The molecule has 0 fully saturated rings. The van der Waals surface area contributed by atoms with Crippen LogP contribution < -0.4 is 10.6 Å². The summed E-state index contributed by atoms with van der Waals surface area (Å²) in [7, 11) is 5.65. The van der Waals surface area contributed by atoms with Gasteiger partial charge in [0.1, 0.15) is 0 Å². The highest BCUT2D eigenvalue weighted by Crippen LogP contribution is 1.62. The Morgan fingerprint density at radius 2 is 0.938 bits per heavy atom. The van der Waals surface area contributed by atoms with Crippen molar-refractivity contribution in [1.82, 2.24) is 10.6 Å². The summed E-state index contributed by atoms with van der Waals surface area (Å²) in [6.45, 7) is 0. The Kier molecular flexibility index (Phi) is 66.7. The predicted molar refractivity (Wildman–Crippen MR) is 69.9 cm³/mol. The summed E-state index contributed by atoms with van der Waals surface area (Å²) >= 11 is 0. The molecular formula is C10H30N2O4. The van der Waals surface area contributed by atoms with Crippen molar-refractivity contribution >= 4 is 12.2 Å². The fourth-order valence-corrected chi connectivity index (χ4v) is 0.204. The van der Waals surface area contributed by atoms with Gasteiger partial charge in [-0.05, 0) is 0 Å². The first-order valence-electron chi connectivity index (χ1n) is 3.13. The van der Waals surface area contributed by atoms with Gasteiger partial charge in [0, 0.05) is 14.1 Å². The molecular weight excluding hydrogens is 212 g/mol. The Hall–Kier alpha value is -1.46. The molecule has 0 saturated heterocycles. The van der Waals surface area contributed by atoms with Crippen LogP contribution in [0.4, 0.5) is 9.59 Å². The molecule has 6 nitrogen and oxygen atoms in total. The number of hydrogen-bond donors (Lipinski definition) is 2. The number of ether oxygens (including phenoxy) is 2. The van der Waals surface area contributed by atoms with Gasteiger partial charge in [-0.15, -0.1) is 0 Å². The summed E-state index contributed by atoms with van der Waals surface area (Å²) < 4.78 is 8.30. The maximum absolute atomic E-state index is 9.85. The normalized spacial score (nSPS) is 5.25. The Morgan fingerprint density at radius 3 is 0.938 bits per heavy atom. The summed E-state index contributed by atoms with van der Waals surface area (Å²) in [6, 6.07) is 0. The highest BCUT2D eigenvalue weighted by atomic mass is 16.5. The summed E-state index contributed by atoms with van der Waals surface area (Å²) in [5.74, 6) is 0. The lowest BCUT2D eigenvalue weighted by Crippen LogP contribution is -2.16. The molecule has 0 heterocycles. The van der Waals surface area contributed by atoms with Crippen molar-refractivity contribution in [3.63, 3.8) is 0 Å². The molecule has 2 N–H and O–H groups in total. The average molecular weight is 242 g/mol. The molecule has 0 rings (SSSR count). The second kappa shape index (κ2) is 29.2. The van der Waals surface area contributed by atoms with E-state index < -0.39 is 12.2 Å². The summed E-state index contributed by atoms with van der Waals surface area (Å²) in [6.07, 6.45) is -0.815. The van der Waals surface area contributed by atoms with Crippen LogP contribution in [0.1, 0.15) is 29.7 Å². The maximum Gasteiger partial charge on any atom is 0.406 e. The average Bonchev–Trinajstić information content (AvgIpc) is 2.16. The number of methoxy groups -OCH3 is 2. The molecule has 0 radical (unpaired) electrons. The van der Waals surface area contributed by atoms with Gasteiger partial charge in [0.25, 0.3) is 0 Å². The summed E-state index contributed by atoms with van der Waals surface area (Å²) in [5, 5.41) is 4.51. The van der Waals surface area contributed by atoms with E-state index in [-0.39, 0.29) is 29.7 Å². The quantitative estimate of drug-likeness (QED) is 0.684. The molecule has 0 atom stereocenters. The molecule has 0 aliphatic rings. The molecule has 2 amide bonds. The maximum atomic E-state index is 9.85. The lowest BCUT2D eigenvalue weighted by molar-refractivity contribution is 0.172. The first-order chi connectivity index (χ1) is 5.62. The number of rotatable bonds is 0. The molecule has 104 valence electrons. The van der Waals surface area contributed by atoms with Crippen LogP contribution in [0.5, 0.6) is 0 Å². The number of nitrogens with one attached hydrogen (secondary N) is 2. The predicted octanol–water partition coefficient (Wildman–Crippen LogP) is 2.49. The van der Waals surface area contributed by atoms with Crippen molar-refractivity contribution in [2.24, 2.45) is 0 Å². The fourth-order valence-electron chi connectivity index (χ4n) is 0.204. The number of hydrogen-bond acceptors (Lipinski definition) is 4. The molecule has 0 aliphatic carbocycles. The molecule has 0 bridgehead atoms. The van der Waals surface area contributed by atoms with Gasteiger partial charge in [0.2, 0.25) is 0 Å². The minimum Gasteiger partial charge on any atom is -0.453 e. The summed E-state index contributed by atoms with van der Waals surface area (Å²) in [5.41, 5.74) is 0. The van der Waals surface area contributed by atoms with Crippen LogP contribution in [0.3, 0.4) is 0 Å². The topological polar surface area (TPSA) is 76.7 Å². The molecule has 0 spiro atoms. The van der Waals surface area contributed by atoms with Crippen molar-refractivity contribution in [2.75, 3.05) is 28.3 Å². The second-order valence-electron chi connectivity index (χ2n) is 1.48. The molecule has 0 aromatic heterocycles. The van der Waals surface area contributed by atoms with E-state index in [1.807, 2.05) is 0 Å². The SMILES string of the molecule is C.C.C.C.CNC(=O)OC.CNC(=O)OC. The molecule has 0 unspecified atom stereocenters. The van der Waals surface area contributed by atoms with Crippen molar-refractivity contribution in [3.05, 3.63) is 0 Å². The zero-order valence-electron chi connectivity index (χ0n) is 7.63. The minimum atomic E-state index is -0.407. The van der Waals surface area contributed by atoms with Crippen LogP contribution in [-0.2, 0) is 9.47 Å². The van der Waals surface area contributed by atoms with Crippen molar-refractivity contribution < 1.29 is 19.1 Å². The number of amides is 2. The zero-order valence-corrected chi connectivity index (χ0v) is 7.63. The van der Waals surface area contributed by atoms with Crippen LogP contribution >= 0.6 is 0 Å². The first-order valence-corrected chi connectivity index (χ1v) is 3.13. The Labute approximate surface area is 101 Å². The number of alkyl carbamates (subject to hydrolysis) is 2. The number of carbonyl (C=O) groups is 2. The Morgan fingerprint density at radius 1 is 0.750 bits per heavy atom. The van der Waals surface area contributed by atoms with Crippen LogP contribution in [0, 0.1) is 0 Å². The van der Waals surface area contributed by atoms with Crippen LogP contribution in [-0.4, -0.2) is 40.5 Å². The Balaban J connectivity index is -0.0000000250. The van der Waals surface area contributed by atoms with Gasteiger partial charge < -0.3 is 20.1 Å².